The van der Waals surface area contributed by atoms with Crippen LogP contribution < -0.4 is 15.4 Å². The average Bonchev–Trinajstić information content (AvgIpc) is 3.11. The lowest BCUT2D eigenvalue weighted by Gasteiger charge is -2.12. The van der Waals surface area contributed by atoms with Gasteiger partial charge in [-0.05, 0) is 35.7 Å². The minimum Gasteiger partial charge on any atom is -0.468 e. The van der Waals surface area contributed by atoms with Crippen LogP contribution in [0.1, 0.15) is 11.1 Å². The number of aliphatic imine (C=N–C) groups is 1. The van der Waals surface area contributed by atoms with Crippen molar-refractivity contribution < 1.29 is 22.3 Å². The fraction of sp³-hybridized carbons (Fsp3) is 0.300. The Balaban J connectivity index is 0.00000341. The van der Waals surface area contributed by atoms with Crippen LogP contribution in [0.5, 0.6) is 5.88 Å². The van der Waals surface area contributed by atoms with Crippen LogP contribution in [-0.2, 0) is 13.0 Å². The van der Waals surface area contributed by atoms with Gasteiger partial charge in [0.25, 0.3) is 0 Å². The number of nitrogens with zero attached hydrogens (tertiary/aromatic N) is 2. The fourth-order valence-corrected chi connectivity index (χ4v) is 2.84. The van der Waals surface area contributed by atoms with Gasteiger partial charge in [-0.15, -0.1) is 24.0 Å². The molecule has 6 nitrogen and oxygen atoms in total. The summed E-state index contributed by atoms with van der Waals surface area (Å²) in [7, 11) is 1.63. The zero-order valence-electron chi connectivity index (χ0n) is 16.6. The molecule has 1 aromatic carbocycles. The summed E-state index contributed by atoms with van der Waals surface area (Å²) in [4.78, 5) is 11.1. The van der Waals surface area contributed by atoms with Crippen LogP contribution in [0, 0.1) is 5.82 Å². The molecule has 11 heteroatoms. The number of hydrogen-bond donors (Lipinski definition) is 3. The van der Waals surface area contributed by atoms with Crippen molar-refractivity contribution in [1.82, 2.24) is 20.6 Å². The molecule has 0 amide bonds. The summed E-state index contributed by atoms with van der Waals surface area (Å²) >= 11 is 0. The number of alkyl halides is 3. The monoisotopic (exact) mass is 551 g/mol. The molecular weight excluding hydrogens is 529 g/mol. The van der Waals surface area contributed by atoms with Crippen molar-refractivity contribution in [2.45, 2.75) is 19.1 Å². The molecule has 0 fully saturated rings. The van der Waals surface area contributed by atoms with Gasteiger partial charge in [0, 0.05) is 49.5 Å². The molecule has 0 aliphatic rings. The molecule has 0 aliphatic carbocycles. The molecule has 3 N–H and O–H groups in total. The van der Waals surface area contributed by atoms with Crippen LogP contribution >= 0.6 is 24.0 Å². The van der Waals surface area contributed by atoms with Crippen molar-refractivity contribution in [2.24, 2.45) is 4.99 Å². The molecule has 0 atom stereocenters. The maximum absolute atomic E-state index is 13.5. The van der Waals surface area contributed by atoms with Gasteiger partial charge in [-0.2, -0.15) is 13.2 Å². The number of guanidine groups is 1. The maximum Gasteiger partial charge on any atom is 0.422 e. The summed E-state index contributed by atoms with van der Waals surface area (Å²) < 4.78 is 54.5. The standard InChI is InChI=1S/C20H21F4N5O.HI/c1-25-19(26-7-6-14-11-27-17-4-3-15(21)8-16(14)17)29-10-13-2-5-18(28-9-13)30-12-20(22,23)24;/h2-5,8-9,11,27H,6-7,10,12H2,1H3,(H2,25,26,29);1H. The molecule has 2 aromatic heterocycles. The highest BCUT2D eigenvalue weighted by atomic mass is 127. The first-order valence-corrected chi connectivity index (χ1v) is 9.18. The number of H-pyrrole nitrogens is 1. The largest absolute Gasteiger partial charge is 0.468 e. The number of pyridine rings is 1. The van der Waals surface area contributed by atoms with Crippen LogP contribution in [0.25, 0.3) is 10.9 Å². The van der Waals surface area contributed by atoms with E-state index in [-0.39, 0.29) is 35.7 Å². The Morgan fingerprint density at radius 3 is 2.68 bits per heavy atom. The Morgan fingerprint density at radius 2 is 2.00 bits per heavy atom. The third-order valence-corrected chi connectivity index (χ3v) is 4.28. The number of benzene rings is 1. The van der Waals surface area contributed by atoms with Gasteiger partial charge in [-0.25, -0.2) is 9.37 Å². The topological polar surface area (TPSA) is 74.3 Å². The van der Waals surface area contributed by atoms with Gasteiger partial charge in [0.2, 0.25) is 5.88 Å². The number of fused-ring (bicyclic) bond motifs is 1. The summed E-state index contributed by atoms with van der Waals surface area (Å²) in [6.45, 7) is -0.423. The van der Waals surface area contributed by atoms with Crippen LogP contribution in [0.4, 0.5) is 17.6 Å². The highest BCUT2D eigenvalue weighted by Gasteiger charge is 2.28. The second-order valence-corrected chi connectivity index (χ2v) is 6.51. The van der Waals surface area contributed by atoms with Crippen molar-refractivity contribution in [3.8, 4) is 5.88 Å². The second kappa shape index (κ2) is 11.2. The highest BCUT2D eigenvalue weighted by molar-refractivity contribution is 14.0. The quantitative estimate of drug-likeness (QED) is 0.179. The Labute approximate surface area is 193 Å². The smallest absolute Gasteiger partial charge is 0.422 e. The van der Waals surface area contributed by atoms with Gasteiger partial charge in [-0.1, -0.05) is 6.07 Å². The van der Waals surface area contributed by atoms with Gasteiger partial charge < -0.3 is 20.4 Å². The molecule has 31 heavy (non-hydrogen) atoms. The van der Waals surface area contributed by atoms with Crippen molar-refractivity contribution in [1.29, 1.82) is 0 Å². The zero-order valence-corrected chi connectivity index (χ0v) is 18.9. The summed E-state index contributed by atoms with van der Waals surface area (Å²) in [6, 6.07) is 7.63. The molecule has 0 aliphatic heterocycles. The number of rotatable bonds is 7. The van der Waals surface area contributed by atoms with E-state index in [0.717, 1.165) is 22.0 Å². The van der Waals surface area contributed by atoms with E-state index >= 15 is 0 Å². The molecule has 0 unspecified atom stereocenters. The van der Waals surface area contributed by atoms with Gasteiger partial charge >= 0.3 is 6.18 Å². The fourth-order valence-electron chi connectivity index (χ4n) is 2.84. The first kappa shape index (κ1) is 24.7. The molecule has 0 bridgehead atoms. The lowest BCUT2D eigenvalue weighted by atomic mass is 10.1. The number of halogens is 5. The van der Waals surface area contributed by atoms with Crippen LogP contribution in [0.3, 0.4) is 0 Å². The number of nitrogens with one attached hydrogen (secondary N) is 3. The predicted octanol–water partition coefficient (Wildman–Crippen LogP) is 4.17. The molecule has 168 valence electrons. The zero-order chi connectivity index (χ0) is 21.6. The van der Waals surface area contributed by atoms with E-state index in [2.05, 4.69) is 30.3 Å². The van der Waals surface area contributed by atoms with E-state index in [1.165, 1.54) is 24.4 Å². The lowest BCUT2D eigenvalue weighted by molar-refractivity contribution is -0.154. The maximum atomic E-state index is 13.5. The first-order chi connectivity index (χ1) is 14.3. The van der Waals surface area contributed by atoms with Gasteiger partial charge in [0.05, 0.1) is 0 Å². The second-order valence-electron chi connectivity index (χ2n) is 6.51. The van der Waals surface area contributed by atoms with Crippen molar-refractivity contribution in [2.75, 3.05) is 20.2 Å². The average molecular weight is 551 g/mol. The number of aromatic amines is 1. The molecule has 2 heterocycles. The number of ether oxygens (including phenoxy) is 1. The molecular formula is C20H22F4IN5O. The third kappa shape index (κ3) is 7.56. The van der Waals surface area contributed by atoms with Gasteiger partial charge in [-0.3, -0.25) is 4.99 Å². The SMILES string of the molecule is CN=C(NCCc1c[nH]c2ccc(F)cc12)NCc1ccc(OCC(F)(F)F)nc1.I. The number of hydrogen-bond acceptors (Lipinski definition) is 3. The minimum atomic E-state index is -4.40. The summed E-state index contributed by atoms with van der Waals surface area (Å²) in [6.07, 6.45) is -0.444. The van der Waals surface area contributed by atoms with E-state index in [4.69, 9.17) is 0 Å². The molecule has 0 spiro atoms. The Hall–Kier alpha value is -2.57. The van der Waals surface area contributed by atoms with E-state index < -0.39 is 12.8 Å². The Morgan fingerprint density at radius 1 is 1.19 bits per heavy atom. The number of aromatic nitrogens is 2. The Bertz CT molecular complexity index is 1000. The van der Waals surface area contributed by atoms with Crippen molar-refractivity contribution in [3.05, 3.63) is 59.7 Å². The van der Waals surface area contributed by atoms with Gasteiger partial charge in [0.1, 0.15) is 5.82 Å². The van der Waals surface area contributed by atoms with Crippen LogP contribution in [-0.4, -0.2) is 42.3 Å². The predicted molar refractivity (Wildman–Crippen MR) is 121 cm³/mol. The molecule has 0 saturated heterocycles. The summed E-state index contributed by atoms with van der Waals surface area (Å²) in [5.74, 6) is 0.185. The van der Waals surface area contributed by atoms with E-state index in [1.54, 1.807) is 19.2 Å². The summed E-state index contributed by atoms with van der Waals surface area (Å²) in [5, 5.41) is 7.11. The summed E-state index contributed by atoms with van der Waals surface area (Å²) in [5.41, 5.74) is 2.62. The Kier molecular flexibility index (Phi) is 8.89. The van der Waals surface area contributed by atoms with E-state index in [0.29, 0.717) is 25.5 Å². The molecule has 3 rings (SSSR count). The highest BCUT2D eigenvalue weighted by Crippen LogP contribution is 2.19. The lowest BCUT2D eigenvalue weighted by Crippen LogP contribution is -2.37. The van der Waals surface area contributed by atoms with Crippen LogP contribution in [0.15, 0.2) is 47.7 Å². The first-order valence-electron chi connectivity index (χ1n) is 9.18. The molecule has 0 radical (unpaired) electrons. The third-order valence-electron chi connectivity index (χ3n) is 4.28. The normalized spacial score (nSPS) is 11.8. The van der Waals surface area contributed by atoms with Gasteiger partial charge in [0.15, 0.2) is 12.6 Å². The van der Waals surface area contributed by atoms with E-state index in [1.807, 2.05) is 6.20 Å². The minimum absolute atomic E-state index is 0. The van der Waals surface area contributed by atoms with Crippen molar-refractivity contribution >= 4 is 40.8 Å². The van der Waals surface area contributed by atoms with Crippen molar-refractivity contribution in [3.63, 3.8) is 0 Å². The molecule has 0 saturated carbocycles. The molecule has 3 aromatic rings. The van der Waals surface area contributed by atoms with Crippen LogP contribution in [0.2, 0.25) is 0 Å². The van der Waals surface area contributed by atoms with E-state index in [9.17, 15) is 17.6 Å².